The van der Waals surface area contributed by atoms with Gasteiger partial charge in [-0.1, -0.05) is 64.1 Å². The molecule has 1 aliphatic carbocycles. The first-order chi connectivity index (χ1) is 19.4. The summed E-state index contributed by atoms with van der Waals surface area (Å²) < 4.78 is 2.10. The Kier molecular flexibility index (Phi) is 7.31. The van der Waals surface area contributed by atoms with E-state index in [1.807, 2.05) is 53.3 Å². The quantitative estimate of drug-likeness (QED) is 0.306. The van der Waals surface area contributed by atoms with E-state index in [0.717, 1.165) is 54.3 Å². The Morgan fingerprint density at radius 1 is 0.927 bits per heavy atom. The lowest BCUT2D eigenvalue weighted by molar-refractivity contribution is -0.401. The van der Waals surface area contributed by atoms with Crippen molar-refractivity contribution < 1.29 is 19.3 Å². The van der Waals surface area contributed by atoms with Crippen molar-refractivity contribution in [3.8, 4) is 0 Å². The lowest BCUT2D eigenvalue weighted by Crippen LogP contribution is -2.41. The van der Waals surface area contributed by atoms with Gasteiger partial charge in [0.25, 0.3) is 0 Å². The number of ketones is 1. The number of Topliss-reactive ketones (excluding diaryl/α,β-unsaturated/α-hetero) is 1. The molecule has 5 rings (SSSR count). The zero-order chi connectivity index (χ0) is 29.7. The average molecular weight is 553 g/mol. The Labute approximate surface area is 244 Å². The van der Waals surface area contributed by atoms with Crippen LogP contribution < -0.4 is 4.90 Å². The normalized spacial score (nSPS) is 20.6. The van der Waals surface area contributed by atoms with E-state index in [1.165, 1.54) is 5.56 Å². The second-order valence-electron chi connectivity index (χ2n) is 12.4. The van der Waals surface area contributed by atoms with E-state index in [2.05, 4.69) is 64.3 Å². The fourth-order valence-electron chi connectivity index (χ4n) is 6.65. The summed E-state index contributed by atoms with van der Waals surface area (Å²) in [5.41, 5.74) is 6.03. The fraction of sp³-hybridized carbons (Fsp3) is 0.400. The van der Waals surface area contributed by atoms with E-state index in [4.69, 9.17) is 0 Å². The Morgan fingerprint density at radius 3 is 2.15 bits per heavy atom. The lowest BCUT2D eigenvalue weighted by Gasteiger charge is -2.31. The highest BCUT2D eigenvalue weighted by Gasteiger charge is 2.46. The van der Waals surface area contributed by atoms with E-state index in [-0.39, 0.29) is 29.4 Å². The first kappa shape index (κ1) is 28.6. The van der Waals surface area contributed by atoms with Gasteiger partial charge in [0, 0.05) is 47.6 Å². The summed E-state index contributed by atoms with van der Waals surface area (Å²) in [6, 6.07) is 16.3. The average Bonchev–Trinajstić information content (AvgIpc) is 3.28. The smallest absolute Gasteiger partial charge is 0.242 e. The molecule has 0 saturated carbocycles. The van der Waals surface area contributed by atoms with Crippen LogP contribution in [0, 0.1) is 0 Å². The van der Waals surface area contributed by atoms with Crippen molar-refractivity contribution in [1.29, 1.82) is 0 Å². The van der Waals surface area contributed by atoms with Crippen LogP contribution in [0.4, 0.5) is 11.4 Å². The molecule has 0 spiro atoms. The van der Waals surface area contributed by atoms with Gasteiger partial charge < -0.3 is 14.9 Å². The third-order valence-corrected chi connectivity index (χ3v) is 8.93. The van der Waals surface area contributed by atoms with Crippen LogP contribution >= 0.6 is 0 Å². The van der Waals surface area contributed by atoms with E-state index in [1.54, 1.807) is 6.08 Å². The van der Waals surface area contributed by atoms with Crippen LogP contribution in [0.2, 0.25) is 0 Å². The maximum atomic E-state index is 13.6. The molecule has 0 fully saturated rings. The molecule has 41 heavy (non-hydrogen) atoms. The molecule has 3 aliphatic rings. The topological polar surface area (TPSA) is 63.9 Å². The van der Waals surface area contributed by atoms with Crippen molar-refractivity contribution >= 4 is 28.8 Å². The van der Waals surface area contributed by atoms with Crippen LogP contribution in [0.25, 0.3) is 0 Å². The summed E-state index contributed by atoms with van der Waals surface area (Å²) in [5.74, 6) is -0.112. The second kappa shape index (κ2) is 10.5. The number of anilines is 1. The molecular weight excluding hydrogens is 510 g/mol. The van der Waals surface area contributed by atoms with Gasteiger partial charge in [-0.3, -0.25) is 9.59 Å². The van der Waals surface area contributed by atoms with E-state index < -0.39 is 5.41 Å². The number of amides is 1. The number of benzene rings is 2. The Bertz CT molecular complexity index is 1550. The number of allylic oxidation sites excluding steroid dienone is 5. The molecular formula is C35H42N3O3+. The number of hydrogen-bond acceptors (Lipinski definition) is 4. The number of aliphatic hydroxyl groups is 1. The summed E-state index contributed by atoms with van der Waals surface area (Å²) in [5, 5.41) is 11.2. The maximum Gasteiger partial charge on any atom is 0.242 e. The summed E-state index contributed by atoms with van der Waals surface area (Å²) in [4.78, 5) is 31.0. The minimum Gasteiger partial charge on any atom is -0.506 e. The predicted molar refractivity (Wildman–Crippen MR) is 165 cm³/mol. The summed E-state index contributed by atoms with van der Waals surface area (Å²) >= 11 is 0. The molecule has 1 amide bonds. The first-order valence-electron chi connectivity index (χ1n) is 14.7. The zero-order valence-corrected chi connectivity index (χ0v) is 25.4. The van der Waals surface area contributed by atoms with E-state index >= 15 is 0 Å². The molecule has 0 radical (unpaired) electrons. The monoisotopic (exact) mass is 552 g/mol. The van der Waals surface area contributed by atoms with Crippen molar-refractivity contribution in [3.63, 3.8) is 0 Å². The number of para-hydroxylation sites is 2. The maximum absolute atomic E-state index is 13.6. The summed E-state index contributed by atoms with van der Waals surface area (Å²) in [6.07, 6.45) is 5.44. The van der Waals surface area contributed by atoms with Crippen LogP contribution in [0.5, 0.6) is 0 Å². The lowest BCUT2D eigenvalue weighted by atomic mass is 9.77. The molecule has 0 atom stereocenters. The van der Waals surface area contributed by atoms with Gasteiger partial charge in [0.15, 0.2) is 5.71 Å². The molecule has 1 N–H and O–H groups in total. The first-order valence-corrected chi connectivity index (χ1v) is 14.7. The van der Waals surface area contributed by atoms with Crippen molar-refractivity contribution in [2.75, 3.05) is 31.6 Å². The molecule has 0 bridgehead atoms. The number of carbonyl (C=O) groups is 2. The number of rotatable bonds is 8. The highest BCUT2D eigenvalue weighted by Crippen LogP contribution is 2.49. The molecule has 0 saturated heterocycles. The van der Waals surface area contributed by atoms with Gasteiger partial charge >= 0.3 is 0 Å². The molecule has 2 aromatic carbocycles. The summed E-state index contributed by atoms with van der Waals surface area (Å²) in [6.45, 7) is 14.3. The zero-order valence-electron chi connectivity index (χ0n) is 25.4. The van der Waals surface area contributed by atoms with Gasteiger partial charge in [0.05, 0.1) is 16.6 Å². The number of carbonyl (C=O) groups excluding carboxylic acids is 2. The van der Waals surface area contributed by atoms with Crippen LogP contribution in [-0.2, 0) is 20.4 Å². The van der Waals surface area contributed by atoms with Crippen molar-refractivity contribution in [2.24, 2.45) is 0 Å². The third-order valence-electron chi connectivity index (χ3n) is 8.93. The van der Waals surface area contributed by atoms with Crippen LogP contribution in [0.15, 0.2) is 83.3 Å². The molecule has 2 aromatic rings. The third kappa shape index (κ3) is 4.54. The van der Waals surface area contributed by atoms with Gasteiger partial charge in [0.2, 0.25) is 17.4 Å². The van der Waals surface area contributed by atoms with Gasteiger partial charge in [-0.15, -0.1) is 0 Å². The highest BCUT2D eigenvalue weighted by molar-refractivity contribution is 6.24. The highest BCUT2D eigenvalue weighted by atomic mass is 16.3. The van der Waals surface area contributed by atoms with Crippen LogP contribution in [0.3, 0.4) is 0 Å². The van der Waals surface area contributed by atoms with E-state index in [9.17, 15) is 14.7 Å². The molecule has 0 unspecified atom stereocenters. The number of aliphatic hydroxyl groups excluding tert-OH is 1. The minimum atomic E-state index is -0.450. The van der Waals surface area contributed by atoms with Gasteiger partial charge in [-0.25, -0.2) is 0 Å². The van der Waals surface area contributed by atoms with Crippen molar-refractivity contribution in [1.82, 2.24) is 4.90 Å². The summed E-state index contributed by atoms with van der Waals surface area (Å²) in [7, 11) is 2.00. The SMILES string of the molecule is CCCN(CCC)C(=O)CN1/C(=C/C2=C(O)C(=C/C3=[N+](C)c4ccccc4C3(C)C)/C2=O)C(C)(C)c2ccccc21. The molecule has 6 heteroatoms. The number of hydrogen-bond donors (Lipinski definition) is 1. The largest absolute Gasteiger partial charge is 0.506 e. The molecule has 2 heterocycles. The Morgan fingerprint density at radius 2 is 1.54 bits per heavy atom. The fourth-order valence-corrected chi connectivity index (χ4v) is 6.65. The molecule has 214 valence electrons. The Hall–Kier alpha value is -3.93. The predicted octanol–water partition coefficient (Wildman–Crippen LogP) is 6.34. The standard InChI is InChI=1S/C35H41N3O3/c1-8-18-37(19-9-2)31(39)22-38-28-17-13-11-15-26(28)35(5,6)30(38)21-24-32(40)23(33(24)41)20-29-34(3,4)25-14-10-12-16-27(25)36(29)7/h10-17,20-21H,8-9,18-19,22H2,1-7H3/p+1. The minimum absolute atomic E-state index is 0.00628. The second-order valence-corrected chi connectivity index (χ2v) is 12.4. The van der Waals surface area contributed by atoms with Crippen molar-refractivity contribution in [2.45, 2.75) is 65.2 Å². The molecule has 2 aliphatic heterocycles. The van der Waals surface area contributed by atoms with Crippen molar-refractivity contribution in [3.05, 3.63) is 94.4 Å². The van der Waals surface area contributed by atoms with Crippen LogP contribution in [-0.4, -0.2) is 58.7 Å². The Balaban J connectivity index is 1.53. The van der Waals surface area contributed by atoms with Gasteiger partial charge in [-0.2, -0.15) is 4.58 Å². The number of fused-ring (bicyclic) bond motifs is 2. The van der Waals surface area contributed by atoms with Gasteiger partial charge in [-0.05, 0) is 44.4 Å². The molecule has 6 nitrogen and oxygen atoms in total. The molecule has 0 aromatic heterocycles. The van der Waals surface area contributed by atoms with E-state index in [0.29, 0.717) is 11.1 Å². The van der Waals surface area contributed by atoms with Gasteiger partial charge in [0.1, 0.15) is 19.4 Å². The van der Waals surface area contributed by atoms with Crippen LogP contribution in [0.1, 0.15) is 65.5 Å². The number of nitrogens with zero attached hydrogens (tertiary/aromatic N) is 3.